The van der Waals surface area contributed by atoms with E-state index in [4.69, 9.17) is 27.9 Å². The predicted molar refractivity (Wildman–Crippen MR) is 78.4 cm³/mol. The number of nitro groups is 1. The zero-order valence-corrected chi connectivity index (χ0v) is 12.2. The molecule has 0 N–H and O–H groups in total. The maximum absolute atomic E-state index is 13.3. The summed E-state index contributed by atoms with van der Waals surface area (Å²) in [5.41, 5.74) is 0.867. The van der Waals surface area contributed by atoms with Gasteiger partial charge in [0.25, 0.3) is 5.69 Å². The number of ether oxygens (including phenoxy) is 1. The Balaban J connectivity index is 2.14. The van der Waals surface area contributed by atoms with Crippen LogP contribution >= 0.6 is 23.2 Å². The molecule has 0 unspecified atom stereocenters. The fourth-order valence-corrected chi connectivity index (χ4v) is 2.15. The molecule has 2 aromatic carbocycles. The molecule has 21 heavy (non-hydrogen) atoms. The first-order valence-electron chi connectivity index (χ1n) is 5.90. The quantitative estimate of drug-likeness (QED) is 0.453. The lowest BCUT2D eigenvalue weighted by Gasteiger charge is -2.09. The van der Waals surface area contributed by atoms with Crippen molar-refractivity contribution in [3.8, 4) is 5.75 Å². The highest BCUT2D eigenvalue weighted by Gasteiger charge is 2.11. The third-order valence-corrected chi connectivity index (χ3v) is 3.30. The van der Waals surface area contributed by atoms with Gasteiger partial charge < -0.3 is 4.74 Å². The molecule has 110 valence electrons. The second-order valence-electron chi connectivity index (χ2n) is 4.26. The molecular weight excluding hydrogens is 320 g/mol. The molecule has 2 rings (SSSR count). The summed E-state index contributed by atoms with van der Waals surface area (Å²) in [6, 6.07) is 8.35. The number of benzene rings is 2. The lowest BCUT2D eigenvalue weighted by atomic mass is 10.2. The van der Waals surface area contributed by atoms with Crippen LogP contribution in [0.4, 0.5) is 10.1 Å². The predicted octanol–water partition coefficient (Wildman–Crippen LogP) is 4.71. The first-order chi connectivity index (χ1) is 9.99. The highest BCUT2D eigenvalue weighted by Crippen LogP contribution is 2.27. The lowest BCUT2D eigenvalue weighted by molar-refractivity contribution is -0.385. The Labute approximate surface area is 130 Å². The van der Waals surface area contributed by atoms with Gasteiger partial charge in [-0.25, -0.2) is 4.39 Å². The van der Waals surface area contributed by atoms with Crippen LogP contribution in [0.15, 0.2) is 36.4 Å². The first kappa shape index (κ1) is 15.5. The van der Waals surface area contributed by atoms with E-state index in [1.54, 1.807) is 18.2 Å². The smallest absolute Gasteiger partial charge is 0.272 e. The molecule has 0 saturated carbocycles. The van der Waals surface area contributed by atoms with Crippen molar-refractivity contribution in [1.29, 1.82) is 0 Å². The van der Waals surface area contributed by atoms with Crippen molar-refractivity contribution in [3.05, 3.63) is 68.5 Å². The molecule has 0 fully saturated rings. The third kappa shape index (κ3) is 4.06. The summed E-state index contributed by atoms with van der Waals surface area (Å²) in [5, 5.41) is 11.0. The van der Waals surface area contributed by atoms with Gasteiger partial charge in [0, 0.05) is 11.9 Å². The van der Waals surface area contributed by atoms with Crippen molar-refractivity contribution in [2.75, 3.05) is 0 Å². The topological polar surface area (TPSA) is 52.4 Å². The van der Waals surface area contributed by atoms with Crippen LogP contribution in [0, 0.1) is 15.9 Å². The fraction of sp³-hybridized carbons (Fsp3) is 0.143. The van der Waals surface area contributed by atoms with E-state index in [9.17, 15) is 14.5 Å². The number of non-ortho nitro benzene ring substituents is 1. The number of alkyl halides is 1. The van der Waals surface area contributed by atoms with Gasteiger partial charge in [0.15, 0.2) is 0 Å². The molecule has 0 saturated heterocycles. The summed E-state index contributed by atoms with van der Waals surface area (Å²) in [7, 11) is 0. The Kier molecular flexibility index (Phi) is 4.98. The largest absolute Gasteiger partial charge is 0.487 e. The van der Waals surface area contributed by atoms with Crippen molar-refractivity contribution in [2.24, 2.45) is 0 Å². The van der Waals surface area contributed by atoms with E-state index in [2.05, 4.69) is 0 Å². The number of nitro benzene ring substituents is 1. The van der Waals surface area contributed by atoms with Crippen LogP contribution in [0.5, 0.6) is 5.75 Å². The summed E-state index contributed by atoms with van der Waals surface area (Å²) in [4.78, 5) is 10.0. The van der Waals surface area contributed by atoms with Crippen molar-refractivity contribution in [2.45, 2.75) is 12.5 Å². The summed E-state index contributed by atoms with van der Waals surface area (Å²) in [6.07, 6.45) is 0. The number of rotatable bonds is 5. The standard InChI is InChI=1S/C14H10Cl2FNO3/c15-7-9-1-2-14(13(16)5-9)21-8-10-3-11(17)6-12(4-10)18(19)20/h1-6H,7-8H2. The highest BCUT2D eigenvalue weighted by molar-refractivity contribution is 6.32. The molecule has 0 atom stereocenters. The number of halogens is 3. The molecule has 0 radical (unpaired) electrons. The Bertz CT molecular complexity index is 679. The number of hydrogen-bond acceptors (Lipinski definition) is 3. The molecule has 0 aliphatic heterocycles. The van der Waals surface area contributed by atoms with Gasteiger partial charge in [-0.2, -0.15) is 0 Å². The van der Waals surface area contributed by atoms with Gasteiger partial charge in [-0.05, 0) is 29.3 Å². The molecule has 0 aliphatic rings. The molecule has 0 aliphatic carbocycles. The Morgan fingerprint density at radius 1 is 1.19 bits per heavy atom. The molecule has 0 aromatic heterocycles. The van der Waals surface area contributed by atoms with E-state index < -0.39 is 10.7 Å². The third-order valence-electron chi connectivity index (χ3n) is 2.70. The highest BCUT2D eigenvalue weighted by atomic mass is 35.5. The maximum atomic E-state index is 13.3. The zero-order chi connectivity index (χ0) is 15.4. The van der Waals surface area contributed by atoms with Gasteiger partial charge in [-0.1, -0.05) is 17.7 Å². The van der Waals surface area contributed by atoms with E-state index in [1.165, 1.54) is 12.1 Å². The van der Waals surface area contributed by atoms with Gasteiger partial charge >= 0.3 is 0 Å². The van der Waals surface area contributed by atoms with Gasteiger partial charge in [0.1, 0.15) is 18.2 Å². The van der Waals surface area contributed by atoms with Gasteiger partial charge in [-0.15, -0.1) is 11.6 Å². The van der Waals surface area contributed by atoms with E-state index >= 15 is 0 Å². The van der Waals surface area contributed by atoms with E-state index in [0.717, 1.165) is 11.6 Å². The van der Waals surface area contributed by atoms with Crippen molar-refractivity contribution in [1.82, 2.24) is 0 Å². The van der Waals surface area contributed by atoms with Crippen LogP contribution in [0.1, 0.15) is 11.1 Å². The van der Waals surface area contributed by atoms with Crippen LogP contribution in [-0.4, -0.2) is 4.92 Å². The van der Waals surface area contributed by atoms with E-state index in [0.29, 0.717) is 22.2 Å². The van der Waals surface area contributed by atoms with Gasteiger partial charge in [-0.3, -0.25) is 10.1 Å². The molecule has 0 heterocycles. The monoisotopic (exact) mass is 329 g/mol. The molecule has 0 bridgehead atoms. The average Bonchev–Trinajstić information content (AvgIpc) is 2.45. The van der Waals surface area contributed by atoms with Gasteiger partial charge in [0.05, 0.1) is 16.0 Å². The van der Waals surface area contributed by atoms with E-state index in [-0.39, 0.29) is 12.3 Å². The van der Waals surface area contributed by atoms with Crippen molar-refractivity contribution < 1.29 is 14.1 Å². The first-order valence-corrected chi connectivity index (χ1v) is 6.82. The summed E-state index contributed by atoms with van der Waals surface area (Å²) in [5.74, 6) is 0.0413. The van der Waals surface area contributed by atoms with Crippen LogP contribution < -0.4 is 4.74 Å². The van der Waals surface area contributed by atoms with Crippen molar-refractivity contribution >= 4 is 28.9 Å². The van der Waals surface area contributed by atoms with Crippen LogP contribution in [0.2, 0.25) is 5.02 Å². The number of nitrogens with zero attached hydrogens (tertiary/aromatic N) is 1. The molecule has 7 heteroatoms. The molecule has 0 spiro atoms. The average molecular weight is 330 g/mol. The molecule has 2 aromatic rings. The van der Waals surface area contributed by atoms with Crippen molar-refractivity contribution in [3.63, 3.8) is 0 Å². The fourth-order valence-electron chi connectivity index (χ4n) is 1.73. The summed E-state index contributed by atoms with van der Waals surface area (Å²) >= 11 is 11.7. The minimum atomic E-state index is -0.689. The molecular formula is C14H10Cl2FNO3. The molecule has 0 amide bonds. The van der Waals surface area contributed by atoms with Gasteiger partial charge in [0.2, 0.25) is 0 Å². The Morgan fingerprint density at radius 2 is 1.95 bits per heavy atom. The minimum Gasteiger partial charge on any atom is -0.487 e. The second kappa shape index (κ2) is 6.74. The summed E-state index contributed by atoms with van der Waals surface area (Å²) in [6.45, 7) is -0.0292. The lowest BCUT2D eigenvalue weighted by Crippen LogP contribution is -1.99. The van der Waals surface area contributed by atoms with Crippen LogP contribution in [-0.2, 0) is 12.5 Å². The van der Waals surface area contributed by atoms with Crippen LogP contribution in [0.25, 0.3) is 0 Å². The Hall–Kier alpha value is -1.85. The van der Waals surface area contributed by atoms with Crippen LogP contribution in [0.3, 0.4) is 0 Å². The minimum absolute atomic E-state index is 0.0292. The zero-order valence-electron chi connectivity index (χ0n) is 10.7. The normalized spacial score (nSPS) is 10.4. The molecule has 4 nitrogen and oxygen atoms in total. The summed E-state index contributed by atoms with van der Waals surface area (Å²) < 4.78 is 18.7. The SMILES string of the molecule is O=[N+]([O-])c1cc(F)cc(COc2ccc(CCl)cc2Cl)c1. The van der Waals surface area contributed by atoms with E-state index in [1.807, 2.05) is 0 Å². The Morgan fingerprint density at radius 3 is 2.57 bits per heavy atom. The number of hydrogen-bond donors (Lipinski definition) is 0. The maximum Gasteiger partial charge on any atom is 0.272 e. The second-order valence-corrected chi connectivity index (χ2v) is 4.94.